The van der Waals surface area contributed by atoms with E-state index in [1.54, 1.807) is 0 Å². The summed E-state index contributed by atoms with van der Waals surface area (Å²) >= 11 is 0. The molecule has 0 saturated heterocycles. The molecule has 1 aliphatic carbocycles. The normalized spacial score (nSPS) is 24.8. The second-order valence-electron chi connectivity index (χ2n) is 3.21. The third kappa shape index (κ3) is 1.82. The van der Waals surface area contributed by atoms with Gasteiger partial charge in [-0.15, -0.1) is 0 Å². The van der Waals surface area contributed by atoms with Gasteiger partial charge in [0.15, 0.2) is 0 Å². The van der Waals surface area contributed by atoms with Crippen molar-refractivity contribution in [2.75, 3.05) is 13.2 Å². The molecule has 0 aromatic heterocycles. The molecule has 2 heteroatoms. The standard InChI is InChI=1S/C9H16O2/c1-7-2-3-8(4-5-10)9(7)6-11/h8,10-11H,2-6H2,1H3/t8-/m0/s1. The van der Waals surface area contributed by atoms with Crippen LogP contribution < -0.4 is 0 Å². The van der Waals surface area contributed by atoms with Crippen LogP contribution in [0.4, 0.5) is 0 Å². The summed E-state index contributed by atoms with van der Waals surface area (Å²) in [4.78, 5) is 0. The van der Waals surface area contributed by atoms with E-state index >= 15 is 0 Å². The lowest BCUT2D eigenvalue weighted by Gasteiger charge is -2.10. The van der Waals surface area contributed by atoms with E-state index in [1.165, 1.54) is 11.1 Å². The van der Waals surface area contributed by atoms with Crippen LogP contribution in [0.1, 0.15) is 26.2 Å². The number of allylic oxidation sites excluding steroid dienone is 1. The number of aliphatic hydroxyl groups is 2. The van der Waals surface area contributed by atoms with E-state index in [0.717, 1.165) is 19.3 Å². The van der Waals surface area contributed by atoms with Gasteiger partial charge in [0.2, 0.25) is 0 Å². The van der Waals surface area contributed by atoms with Gasteiger partial charge in [-0.05, 0) is 37.7 Å². The number of hydrogen-bond donors (Lipinski definition) is 2. The second-order valence-corrected chi connectivity index (χ2v) is 3.21. The molecule has 0 unspecified atom stereocenters. The first-order valence-corrected chi connectivity index (χ1v) is 4.19. The molecule has 0 amide bonds. The molecule has 0 spiro atoms. The third-order valence-electron chi connectivity index (χ3n) is 2.56. The lowest BCUT2D eigenvalue weighted by Crippen LogP contribution is -2.05. The Kier molecular flexibility index (Phi) is 3.09. The highest BCUT2D eigenvalue weighted by molar-refractivity contribution is 5.21. The van der Waals surface area contributed by atoms with E-state index in [4.69, 9.17) is 10.2 Å². The number of hydrogen-bond acceptors (Lipinski definition) is 2. The van der Waals surface area contributed by atoms with Crippen molar-refractivity contribution < 1.29 is 10.2 Å². The molecule has 0 bridgehead atoms. The van der Waals surface area contributed by atoms with Crippen LogP contribution in [-0.4, -0.2) is 23.4 Å². The summed E-state index contributed by atoms with van der Waals surface area (Å²) in [6.45, 7) is 2.49. The van der Waals surface area contributed by atoms with Crippen LogP contribution in [0.25, 0.3) is 0 Å². The summed E-state index contributed by atoms with van der Waals surface area (Å²) in [5, 5.41) is 17.7. The van der Waals surface area contributed by atoms with Crippen LogP contribution in [0.15, 0.2) is 11.1 Å². The summed E-state index contributed by atoms with van der Waals surface area (Å²) in [5.41, 5.74) is 2.49. The van der Waals surface area contributed by atoms with E-state index in [2.05, 4.69) is 6.92 Å². The van der Waals surface area contributed by atoms with Crippen molar-refractivity contribution in [3.63, 3.8) is 0 Å². The molecular formula is C9H16O2. The van der Waals surface area contributed by atoms with Crippen molar-refractivity contribution in [1.82, 2.24) is 0 Å². The van der Waals surface area contributed by atoms with Gasteiger partial charge >= 0.3 is 0 Å². The largest absolute Gasteiger partial charge is 0.396 e. The number of aliphatic hydroxyl groups excluding tert-OH is 2. The maximum Gasteiger partial charge on any atom is 0.0647 e. The molecule has 0 aromatic rings. The zero-order chi connectivity index (χ0) is 8.27. The van der Waals surface area contributed by atoms with Gasteiger partial charge in [-0.1, -0.05) is 5.57 Å². The summed E-state index contributed by atoms with van der Waals surface area (Å²) in [6.07, 6.45) is 3.02. The fourth-order valence-corrected chi connectivity index (χ4v) is 1.81. The topological polar surface area (TPSA) is 40.5 Å². The molecular weight excluding hydrogens is 140 g/mol. The SMILES string of the molecule is CC1=C(CO)[C@H](CCO)CC1. The molecule has 0 saturated carbocycles. The Labute approximate surface area is 67.6 Å². The Balaban J connectivity index is 2.56. The monoisotopic (exact) mass is 156 g/mol. The van der Waals surface area contributed by atoms with Gasteiger partial charge < -0.3 is 10.2 Å². The van der Waals surface area contributed by atoms with E-state index in [-0.39, 0.29) is 13.2 Å². The lowest BCUT2D eigenvalue weighted by molar-refractivity contribution is 0.254. The molecule has 0 fully saturated rings. The lowest BCUT2D eigenvalue weighted by atomic mass is 9.98. The van der Waals surface area contributed by atoms with E-state index in [0.29, 0.717) is 5.92 Å². The molecule has 1 aliphatic rings. The number of rotatable bonds is 3. The van der Waals surface area contributed by atoms with Crippen molar-refractivity contribution in [3.05, 3.63) is 11.1 Å². The smallest absolute Gasteiger partial charge is 0.0647 e. The van der Waals surface area contributed by atoms with Crippen molar-refractivity contribution in [3.8, 4) is 0 Å². The minimum absolute atomic E-state index is 0.177. The molecule has 0 heterocycles. The maximum atomic E-state index is 8.99. The van der Waals surface area contributed by atoms with Gasteiger partial charge in [0.1, 0.15) is 0 Å². The quantitative estimate of drug-likeness (QED) is 0.600. The van der Waals surface area contributed by atoms with Crippen LogP contribution >= 0.6 is 0 Å². The Bertz CT molecular complexity index is 161. The zero-order valence-corrected chi connectivity index (χ0v) is 7.01. The predicted octanol–water partition coefficient (Wildman–Crippen LogP) is 1.09. The molecule has 0 radical (unpaired) electrons. The minimum Gasteiger partial charge on any atom is -0.396 e. The van der Waals surface area contributed by atoms with Gasteiger partial charge in [-0.2, -0.15) is 0 Å². The Morgan fingerprint density at radius 3 is 2.73 bits per heavy atom. The van der Waals surface area contributed by atoms with Gasteiger partial charge in [0, 0.05) is 6.61 Å². The summed E-state index contributed by atoms with van der Waals surface area (Å²) in [5.74, 6) is 0.449. The molecule has 1 rings (SSSR count). The van der Waals surface area contributed by atoms with Crippen molar-refractivity contribution in [2.24, 2.45) is 5.92 Å². The molecule has 1 atom stereocenters. The van der Waals surface area contributed by atoms with Crippen molar-refractivity contribution >= 4 is 0 Å². The first-order chi connectivity index (χ1) is 5.29. The van der Waals surface area contributed by atoms with Crippen LogP contribution in [0, 0.1) is 5.92 Å². The minimum atomic E-state index is 0.177. The Hall–Kier alpha value is -0.340. The molecule has 2 N–H and O–H groups in total. The highest BCUT2D eigenvalue weighted by Crippen LogP contribution is 2.33. The van der Waals surface area contributed by atoms with Gasteiger partial charge in [0.25, 0.3) is 0 Å². The molecule has 11 heavy (non-hydrogen) atoms. The van der Waals surface area contributed by atoms with Gasteiger partial charge in [-0.3, -0.25) is 0 Å². The van der Waals surface area contributed by atoms with Crippen LogP contribution in [0.3, 0.4) is 0 Å². The third-order valence-corrected chi connectivity index (χ3v) is 2.56. The Morgan fingerprint density at radius 1 is 1.45 bits per heavy atom. The zero-order valence-electron chi connectivity index (χ0n) is 7.01. The molecule has 0 aromatic carbocycles. The fourth-order valence-electron chi connectivity index (χ4n) is 1.81. The second kappa shape index (κ2) is 3.88. The summed E-state index contributed by atoms with van der Waals surface area (Å²) in [6, 6.07) is 0. The van der Waals surface area contributed by atoms with Crippen LogP contribution in [-0.2, 0) is 0 Å². The van der Waals surface area contributed by atoms with E-state index in [1.807, 2.05) is 0 Å². The van der Waals surface area contributed by atoms with Crippen LogP contribution in [0.2, 0.25) is 0 Å². The average Bonchev–Trinajstić information content (AvgIpc) is 2.33. The summed E-state index contributed by atoms with van der Waals surface area (Å²) < 4.78 is 0. The van der Waals surface area contributed by atoms with Gasteiger partial charge in [0.05, 0.1) is 6.61 Å². The van der Waals surface area contributed by atoms with Crippen LogP contribution in [0.5, 0.6) is 0 Å². The first-order valence-electron chi connectivity index (χ1n) is 4.19. The highest BCUT2D eigenvalue weighted by Gasteiger charge is 2.21. The highest BCUT2D eigenvalue weighted by atomic mass is 16.3. The van der Waals surface area contributed by atoms with Crippen molar-refractivity contribution in [1.29, 1.82) is 0 Å². The summed E-state index contributed by atoms with van der Waals surface area (Å²) in [7, 11) is 0. The van der Waals surface area contributed by atoms with Crippen molar-refractivity contribution in [2.45, 2.75) is 26.2 Å². The van der Waals surface area contributed by atoms with E-state index < -0.39 is 0 Å². The van der Waals surface area contributed by atoms with Gasteiger partial charge in [-0.25, -0.2) is 0 Å². The molecule has 64 valence electrons. The van der Waals surface area contributed by atoms with E-state index in [9.17, 15) is 0 Å². The average molecular weight is 156 g/mol. The Morgan fingerprint density at radius 2 is 2.18 bits per heavy atom. The molecule has 0 aliphatic heterocycles. The maximum absolute atomic E-state index is 8.99. The molecule has 2 nitrogen and oxygen atoms in total. The fraction of sp³-hybridized carbons (Fsp3) is 0.778. The predicted molar refractivity (Wildman–Crippen MR) is 44.2 cm³/mol. The first kappa shape index (κ1) is 8.75.